The predicted molar refractivity (Wildman–Crippen MR) is 277 cm³/mol. The zero-order valence-electron chi connectivity index (χ0n) is 36.2. The summed E-state index contributed by atoms with van der Waals surface area (Å²) in [7, 11) is 0. The van der Waals surface area contributed by atoms with E-state index in [4.69, 9.17) is 103 Å². The van der Waals surface area contributed by atoms with E-state index < -0.39 is 58.6 Å². The quantitative estimate of drug-likeness (QED) is 0.115. The molecule has 6 aromatic carbocycles. The van der Waals surface area contributed by atoms with Gasteiger partial charge in [0.15, 0.2) is 23.1 Å². The highest BCUT2D eigenvalue weighted by atomic mass is 35.5. The van der Waals surface area contributed by atoms with Crippen LogP contribution in [0.2, 0.25) is 40.2 Å². The molecule has 0 unspecified atom stereocenters. The molecule has 2 aromatic heterocycles. The number of Topliss-reactive ketones (excluding diaryl/α,β-unsaturated/α-hetero) is 4. The zero-order valence-corrected chi connectivity index (χ0v) is 42.2. The molecule has 2 aliphatic heterocycles. The Morgan fingerprint density at radius 2 is 0.603 bits per heavy atom. The molecule has 0 atom stereocenters. The van der Waals surface area contributed by atoms with Crippen LogP contribution >= 0.6 is 92.8 Å². The molecule has 0 spiro atoms. The summed E-state index contributed by atoms with van der Waals surface area (Å²) in [6, 6.07) is 22.7. The lowest BCUT2D eigenvalue weighted by Gasteiger charge is -2.24. The Bertz CT molecular complexity index is 3680. The standard InChI is InChI=1S/C53H20Cl8N4O8/c54-30-10-22-23(11-31(30)55)47(67)42(46(22)66)40-7-3-20-38(62-40)5-1-18(44(20)64-50(70)26-14-34(58)35(59)15-27(26)51(64)71)9-19-2-6-39-21(45(19)65-52(72)28-16-36(60)37(61)17-29(28)53(65)73)4-8-41(63-39)43-48(68)24-12-32(56)33(57)13-25(24)49(43)69/h1-8,10-17,42-43H,9H2. The molecular formula is C53H20Cl8N4O8. The lowest BCUT2D eigenvalue weighted by Crippen LogP contribution is -2.32. The lowest BCUT2D eigenvalue weighted by atomic mass is 9.94. The number of nitrogens with zero attached hydrogens (tertiary/aromatic N) is 4. The number of amides is 4. The smallest absolute Gasteiger partial charge is 0.266 e. The summed E-state index contributed by atoms with van der Waals surface area (Å²) in [4.78, 5) is 125. The third-order valence-electron chi connectivity index (χ3n) is 13.4. The van der Waals surface area contributed by atoms with Crippen LogP contribution in [0.5, 0.6) is 0 Å². The summed E-state index contributed by atoms with van der Waals surface area (Å²) in [6.45, 7) is 0. The van der Waals surface area contributed by atoms with Gasteiger partial charge in [-0.15, -0.1) is 0 Å². The van der Waals surface area contributed by atoms with Crippen LogP contribution in [0.25, 0.3) is 21.8 Å². The fourth-order valence-electron chi connectivity index (χ4n) is 10.0. The first kappa shape index (κ1) is 47.4. The number of benzene rings is 6. The first-order chi connectivity index (χ1) is 34.8. The monoisotopic (exact) mass is 1120 g/mol. The minimum atomic E-state index is -1.36. The number of halogens is 8. The van der Waals surface area contributed by atoms with Crippen molar-refractivity contribution in [2.45, 2.75) is 18.3 Å². The van der Waals surface area contributed by atoms with E-state index in [1.165, 1.54) is 72.8 Å². The number of rotatable bonds is 6. The maximum Gasteiger partial charge on any atom is 0.266 e. The molecule has 2 aliphatic carbocycles. The van der Waals surface area contributed by atoms with Crippen LogP contribution in [-0.2, 0) is 6.42 Å². The van der Waals surface area contributed by atoms with Gasteiger partial charge in [0.2, 0.25) is 0 Å². The number of fused-ring (bicyclic) bond motifs is 6. The number of aromatic nitrogens is 2. The molecule has 0 saturated heterocycles. The Morgan fingerprint density at radius 1 is 0.342 bits per heavy atom. The SMILES string of the molecule is O=C1c2cc(Cl)c(Cl)cc2C(=O)C1c1ccc2c(N3C(=O)c4cc(Cl)c(Cl)cc4C3=O)c(Cc3ccc4nc(C5C(=O)c6cc(Cl)c(Cl)cc6C5=O)ccc4c3N3C(=O)c4cc(Cl)c(Cl)cc4C3=O)ccc2n1. The van der Waals surface area contributed by atoms with Crippen molar-refractivity contribution < 1.29 is 38.4 Å². The number of carbonyl (C=O) groups is 8. The summed E-state index contributed by atoms with van der Waals surface area (Å²) in [5, 5.41) is 0.859. The topological polar surface area (TPSA) is 169 Å². The summed E-state index contributed by atoms with van der Waals surface area (Å²) >= 11 is 50.4. The zero-order chi connectivity index (χ0) is 51.4. The second-order valence-corrected chi connectivity index (χ2v) is 20.6. The number of carbonyl (C=O) groups excluding carboxylic acids is 8. The van der Waals surface area contributed by atoms with Gasteiger partial charge in [0.25, 0.3) is 23.6 Å². The van der Waals surface area contributed by atoms with Gasteiger partial charge in [-0.3, -0.25) is 48.3 Å². The van der Waals surface area contributed by atoms with Crippen LogP contribution in [0.1, 0.15) is 117 Å². The van der Waals surface area contributed by atoms with E-state index in [0.29, 0.717) is 11.1 Å². The first-order valence-electron chi connectivity index (χ1n) is 21.6. The second-order valence-electron chi connectivity index (χ2n) is 17.4. The molecule has 4 heterocycles. The Labute approximate surface area is 450 Å². The summed E-state index contributed by atoms with van der Waals surface area (Å²) in [5.74, 6) is -8.03. The van der Waals surface area contributed by atoms with Gasteiger partial charge in [0, 0.05) is 39.4 Å². The molecule has 4 aliphatic rings. The Hall–Kier alpha value is -6.58. The minimum Gasteiger partial charge on any atom is -0.293 e. The molecule has 8 aromatic rings. The van der Waals surface area contributed by atoms with Crippen molar-refractivity contribution in [2.24, 2.45) is 0 Å². The van der Waals surface area contributed by atoms with E-state index in [1.807, 2.05) is 0 Å². The number of anilines is 2. The van der Waals surface area contributed by atoms with Crippen molar-refractivity contribution in [1.29, 1.82) is 0 Å². The molecule has 0 saturated carbocycles. The van der Waals surface area contributed by atoms with Crippen LogP contribution in [-0.4, -0.2) is 56.7 Å². The van der Waals surface area contributed by atoms with Gasteiger partial charge in [0.05, 0.1) is 96.2 Å². The predicted octanol–water partition coefficient (Wildman–Crippen LogP) is 13.5. The van der Waals surface area contributed by atoms with Gasteiger partial charge in [0.1, 0.15) is 11.8 Å². The largest absolute Gasteiger partial charge is 0.293 e. The van der Waals surface area contributed by atoms with Crippen molar-refractivity contribution in [3.63, 3.8) is 0 Å². The summed E-state index contributed by atoms with van der Waals surface area (Å²) < 4.78 is 0. The average molecular weight is 1120 g/mol. The first-order valence-corrected chi connectivity index (χ1v) is 24.6. The van der Waals surface area contributed by atoms with Gasteiger partial charge in [-0.2, -0.15) is 0 Å². The van der Waals surface area contributed by atoms with E-state index >= 15 is 0 Å². The van der Waals surface area contributed by atoms with E-state index in [2.05, 4.69) is 0 Å². The van der Waals surface area contributed by atoms with E-state index in [-0.39, 0.29) is 136 Å². The van der Waals surface area contributed by atoms with Crippen LogP contribution in [0.15, 0.2) is 97.1 Å². The Morgan fingerprint density at radius 3 is 0.877 bits per heavy atom. The fraction of sp³-hybridized carbons (Fsp3) is 0.0566. The van der Waals surface area contributed by atoms with Crippen LogP contribution < -0.4 is 9.80 Å². The van der Waals surface area contributed by atoms with Crippen LogP contribution in [0.3, 0.4) is 0 Å². The number of hydrogen-bond donors (Lipinski definition) is 0. The Balaban J connectivity index is 1.03. The van der Waals surface area contributed by atoms with Gasteiger partial charge < -0.3 is 0 Å². The van der Waals surface area contributed by atoms with Crippen LogP contribution in [0.4, 0.5) is 11.4 Å². The molecule has 12 nitrogen and oxygen atoms in total. The van der Waals surface area contributed by atoms with Gasteiger partial charge in [-0.1, -0.05) is 105 Å². The molecule has 20 heteroatoms. The van der Waals surface area contributed by atoms with Gasteiger partial charge in [-0.25, -0.2) is 9.80 Å². The third-order valence-corrected chi connectivity index (χ3v) is 16.3. The van der Waals surface area contributed by atoms with E-state index in [0.717, 1.165) is 9.80 Å². The highest BCUT2D eigenvalue weighted by Crippen LogP contribution is 2.46. The highest BCUT2D eigenvalue weighted by molar-refractivity contribution is 6.47. The third kappa shape index (κ3) is 7.03. The maximum atomic E-state index is 14.6. The molecule has 0 bridgehead atoms. The molecular weight excluding hydrogens is 1100 g/mol. The molecule has 0 N–H and O–H groups in total. The maximum absolute atomic E-state index is 14.6. The molecule has 356 valence electrons. The number of pyridine rings is 2. The normalized spacial score (nSPS) is 15.5. The van der Waals surface area contributed by atoms with E-state index in [1.54, 1.807) is 24.3 Å². The lowest BCUT2D eigenvalue weighted by molar-refractivity contribution is 0.0872. The van der Waals surface area contributed by atoms with Crippen molar-refractivity contribution in [1.82, 2.24) is 9.97 Å². The highest BCUT2D eigenvalue weighted by Gasteiger charge is 2.45. The molecule has 12 rings (SSSR count). The molecule has 4 amide bonds. The Kier molecular flexibility index (Phi) is 11.0. The van der Waals surface area contributed by atoms with Gasteiger partial charge in [-0.05, 0) is 96.1 Å². The van der Waals surface area contributed by atoms with Crippen molar-refractivity contribution in [3.05, 3.63) is 204 Å². The van der Waals surface area contributed by atoms with Crippen molar-refractivity contribution in [2.75, 3.05) is 9.80 Å². The van der Waals surface area contributed by atoms with Crippen molar-refractivity contribution >= 4 is 173 Å². The van der Waals surface area contributed by atoms with Crippen molar-refractivity contribution in [3.8, 4) is 0 Å². The summed E-state index contributed by atoms with van der Waals surface area (Å²) in [5.41, 5.74) is 1.24. The summed E-state index contributed by atoms with van der Waals surface area (Å²) in [6.07, 6.45) is -0.198. The number of hydrogen-bond acceptors (Lipinski definition) is 10. The van der Waals surface area contributed by atoms with E-state index in [9.17, 15) is 38.4 Å². The average Bonchev–Trinajstić information content (AvgIpc) is 3.93. The van der Waals surface area contributed by atoms with Crippen LogP contribution in [0, 0.1) is 0 Å². The number of ketones is 4. The molecule has 0 fully saturated rings. The minimum absolute atomic E-state index is 0.0171. The number of imide groups is 2. The fourth-order valence-corrected chi connectivity index (χ4v) is 11.3. The molecule has 0 radical (unpaired) electrons. The molecule has 73 heavy (non-hydrogen) atoms. The van der Waals surface area contributed by atoms with Gasteiger partial charge >= 0.3 is 0 Å². The second kappa shape index (κ2) is 17.0.